The second-order valence-corrected chi connectivity index (χ2v) is 8.03. The second-order valence-electron chi connectivity index (χ2n) is 5.65. The average Bonchev–Trinajstić information content (AvgIpc) is 2.33. The summed E-state index contributed by atoms with van der Waals surface area (Å²) in [6.45, 7) is 4.57. The van der Waals surface area contributed by atoms with Gasteiger partial charge in [0.15, 0.2) is 0 Å². The van der Waals surface area contributed by atoms with Crippen LogP contribution in [0.3, 0.4) is 0 Å². The van der Waals surface area contributed by atoms with E-state index in [1.807, 2.05) is 13.8 Å². The lowest BCUT2D eigenvalue weighted by atomic mass is 10.2. The van der Waals surface area contributed by atoms with Gasteiger partial charge in [0.05, 0.1) is 12.6 Å². The van der Waals surface area contributed by atoms with E-state index in [4.69, 9.17) is 10.2 Å². The first-order valence-corrected chi connectivity index (χ1v) is 9.32. The molecule has 4 N–H and O–H groups in total. The molecule has 0 bridgehead atoms. The molecule has 0 saturated heterocycles. The fraction of sp³-hybridized carbons (Fsp3) is 0.714. The van der Waals surface area contributed by atoms with Gasteiger partial charge in [-0.25, -0.2) is 4.79 Å². The van der Waals surface area contributed by atoms with E-state index in [9.17, 15) is 19.0 Å². The monoisotopic (exact) mass is 335 g/mol. The molecule has 1 atom stereocenters. The number of rotatable bonds is 12. The first-order chi connectivity index (χ1) is 10.1. The minimum atomic E-state index is -3.47. The summed E-state index contributed by atoms with van der Waals surface area (Å²) in [7, 11) is -3.47. The molecule has 0 radical (unpaired) electrons. The Hall–Kier alpha value is -1.17. The highest BCUT2D eigenvalue weighted by atomic mass is 31.2. The van der Waals surface area contributed by atoms with E-state index in [0.717, 1.165) is 0 Å². The predicted octanol–water partition coefficient (Wildman–Crippen LogP) is 1.77. The van der Waals surface area contributed by atoms with Crippen LogP contribution >= 0.6 is 7.37 Å². The molecule has 0 aliphatic rings. The molecule has 0 amide bonds. The molecule has 0 aromatic heterocycles. The summed E-state index contributed by atoms with van der Waals surface area (Å²) in [6, 6.07) is 0. The normalized spacial score (nSPS) is 14.8. The Bertz CT molecular complexity index is 447. The lowest BCUT2D eigenvalue weighted by molar-refractivity contribution is -0.137. The summed E-state index contributed by atoms with van der Waals surface area (Å²) in [5.41, 5.74) is -0.0305. The van der Waals surface area contributed by atoms with Gasteiger partial charge in [-0.1, -0.05) is 19.9 Å². The van der Waals surface area contributed by atoms with Crippen molar-refractivity contribution >= 4 is 19.3 Å². The summed E-state index contributed by atoms with van der Waals surface area (Å²) in [5, 5.41) is 20.5. The van der Waals surface area contributed by atoms with Crippen LogP contribution in [0.5, 0.6) is 0 Å². The van der Waals surface area contributed by atoms with Gasteiger partial charge in [-0.05, 0) is 25.3 Å². The topological polar surface area (TPSA) is 124 Å². The van der Waals surface area contributed by atoms with Gasteiger partial charge in [-0.2, -0.15) is 0 Å². The van der Waals surface area contributed by atoms with Gasteiger partial charge >= 0.3 is 11.9 Å². The van der Waals surface area contributed by atoms with Crippen LogP contribution in [0.15, 0.2) is 11.6 Å². The van der Waals surface area contributed by atoms with E-state index in [1.54, 1.807) is 0 Å². The Morgan fingerprint density at radius 3 is 2.36 bits per heavy atom. The third-order valence-electron chi connectivity index (χ3n) is 2.81. The Morgan fingerprint density at radius 2 is 1.86 bits per heavy atom. The summed E-state index contributed by atoms with van der Waals surface area (Å²) < 4.78 is 12.0. The van der Waals surface area contributed by atoms with Gasteiger partial charge in [0.1, 0.15) is 0 Å². The zero-order chi connectivity index (χ0) is 17.2. The van der Waals surface area contributed by atoms with Crippen molar-refractivity contribution in [3.63, 3.8) is 0 Å². The molecule has 0 fully saturated rings. The first-order valence-electron chi connectivity index (χ1n) is 7.29. The molecule has 0 aliphatic heterocycles. The van der Waals surface area contributed by atoms with E-state index in [0.29, 0.717) is 25.9 Å². The maximum absolute atomic E-state index is 12.0. The highest BCUT2D eigenvalue weighted by Gasteiger charge is 2.24. The summed E-state index contributed by atoms with van der Waals surface area (Å²) in [4.78, 5) is 31.2. The van der Waals surface area contributed by atoms with Gasteiger partial charge < -0.3 is 20.4 Å². The van der Waals surface area contributed by atoms with E-state index in [-0.39, 0.29) is 30.2 Å². The van der Waals surface area contributed by atoms with Gasteiger partial charge in [-0.15, -0.1) is 0 Å². The Morgan fingerprint density at radius 1 is 1.23 bits per heavy atom. The number of aliphatic carboxylic acids is 2. The summed E-state index contributed by atoms with van der Waals surface area (Å²) in [5.74, 6) is -2.01. The molecule has 7 nitrogen and oxygen atoms in total. The van der Waals surface area contributed by atoms with Crippen molar-refractivity contribution in [2.24, 2.45) is 5.92 Å². The van der Waals surface area contributed by atoms with Crippen LogP contribution in [0.25, 0.3) is 0 Å². The number of nitrogens with one attached hydrogen (secondary N) is 1. The van der Waals surface area contributed by atoms with Crippen molar-refractivity contribution in [2.45, 2.75) is 33.1 Å². The standard InChI is InChI=1S/C14H26NO6P/c1-11(2)9-22(20,21)10-12(14(18)19)5-3-4-7-15-8-6-13(16)17/h5,11,15H,3-4,6-10H2,1-2H3,(H,16,17)(H,18,19)(H,20,21). The van der Waals surface area contributed by atoms with Crippen LogP contribution in [0, 0.1) is 5.92 Å². The van der Waals surface area contributed by atoms with E-state index in [2.05, 4.69) is 5.32 Å². The van der Waals surface area contributed by atoms with Crippen LogP contribution in [-0.4, -0.2) is 52.5 Å². The maximum atomic E-state index is 12.0. The number of carboxylic acids is 2. The van der Waals surface area contributed by atoms with Crippen molar-refractivity contribution in [1.29, 1.82) is 0 Å². The Labute approximate surface area is 130 Å². The zero-order valence-electron chi connectivity index (χ0n) is 13.1. The van der Waals surface area contributed by atoms with Crippen molar-refractivity contribution < 1.29 is 29.3 Å². The van der Waals surface area contributed by atoms with Gasteiger partial charge in [-0.3, -0.25) is 9.36 Å². The molecule has 0 aromatic carbocycles. The van der Waals surface area contributed by atoms with Crippen LogP contribution < -0.4 is 5.32 Å². The van der Waals surface area contributed by atoms with Crippen molar-refractivity contribution in [3.8, 4) is 0 Å². The number of allylic oxidation sites excluding steroid dienone is 1. The fourth-order valence-corrected chi connectivity index (χ4v) is 4.01. The van der Waals surface area contributed by atoms with Crippen LogP contribution in [0.4, 0.5) is 0 Å². The zero-order valence-corrected chi connectivity index (χ0v) is 14.0. The third-order valence-corrected chi connectivity index (χ3v) is 4.94. The highest BCUT2D eigenvalue weighted by Crippen LogP contribution is 2.44. The Kier molecular flexibility index (Phi) is 9.98. The molecule has 22 heavy (non-hydrogen) atoms. The van der Waals surface area contributed by atoms with Crippen LogP contribution in [0.2, 0.25) is 0 Å². The van der Waals surface area contributed by atoms with Crippen molar-refractivity contribution in [1.82, 2.24) is 5.32 Å². The molecule has 0 aliphatic carbocycles. The minimum Gasteiger partial charge on any atom is -0.481 e. The molecule has 0 rings (SSSR count). The van der Waals surface area contributed by atoms with Crippen molar-refractivity contribution in [3.05, 3.63) is 11.6 Å². The Balaban J connectivity index is 4.25. The summed E-state index contributed by atoms with van der Waals surface area (Å²) in [6.07, 6.45) is 2.41. The largest absolute Gasteiger partial charge is 0.481 e. The van der Waals surface area contributed by atoms with E-state index < -0.39 is 19.3 Å². The maximum Gasteiger partial charge on any atom is 0.331 e. The van der Waals surface area contributed by atoms with Crippen molar-refractivity contribution in [2.75, 3.05) is 25.4 Å². The smallest absolute Gasteiger partial charge is 0.331 e. The SMILES string of the molecule is CC(C)CP(=O)(O)CC(=CCCCNCCC(=O)O)C(=O)O. The molecule has 128 valence electrons. The second kappa shape index (κ2) is 10.5. The lowest BCUT2D eigenvalue weighted by Gasteiger charge is -2.14. The average molecular weight is 335 g/mol. The molecular weight excluding hydrogens is 309 g/mol. The number of carbonyl (C=O) groups is 2. The molecule has 0 saturated carbocycles. The lowest BCUT2D eigenvalue weighted by Crippen LogP contribution is -2.19. The van der Waals surface area contributed by atoms with Crippen LogP contribution in [0.1, 0.15) is 33.1 Å². The molecule has 8 heteroatoms. The van der Waals surface area contributed by atoms with Gasteiger partial charge in [0.2, 0.25) is 7.37 Å². The first kappa shape index (κ1) is 20.8. The highest BCUT2D eigenvalue weighted by molar-refractivity contribution is 7.58. The predicted molar refractivity (Wildman–Crippen MR) is 84.5 cm³/mol. The molecular formula is C14H26NO6P. The number of carboxylic acid groups (broad SMARTS) is 2. The molecule has 0 spiro atoms. The van der Waals surface area contributed by atoms with Gasteiger partial charge in [0.25, 0.3) is 0 Å². The van der Waals surface area contributed by atoms with E-state index >= 15 is 0 Å². The number of hydrogen-bond acceptors (Lipinski definition) is 4. The molecule has 0 heterocycles. The summed E-state index contributed by atoms with van der Waals surface area (Å²) >= 11 is 0. The number of hydrogen-bond donors (Lipinski definition) is 4. The third kappa shape index (κ3) is 11.5. The molecule has 0 aromatic rings. The van der Waals surface area contributed by atoms with Crippen LogP contribution in [-0.2, 0) is 14.2 Å². The fourth-order valence-electron chi connectivity index (χ4n) is 1.94. The minimum absolute atomic E-state index is 0.0305. The number of unbranched alkanes of at least 4 members (excludes halogenated alkanes) is 1. The molecule has 1 unspecified atom stereocenters. The van der Waals surface area contributed by atoms with Gasteiger partial charge in [0, 0.05) is 18.3 Å². The quantitative estimate of drug-likeness (QED) is 0.243. The van der Waals surface area contributed by atoms with E-state index in [1.165, 1.54) is 6.08 Å².